The number of benzene rings is 1. The van der Waals surface area contributed by atoms with Crippen LogP contribution in [0.5, 0.6) is 5.88 Å². The molecule has 128 valence electrons. The van der Waals surface area contributed by atoms with Crippen LogP contribution >= 0.6 is 0 Å². The molecule has 0 spiro atoms. The first-order valence-corrected chi connectivity index (χ1v) is 8.40. The molecule has 3 aromatic rings. The van der Waals surface area contributed by atoms with E-state index in [2.05, 4.69) is 15.0 Å². The topological polar surface area (TPSA) is 73.1 Å². The molecule has 1 aromatic carbocycles. The third-order valence-corrected chi connectivity index (χ3v) is 4.45. The van der Waals surface area contributed by atoms with Crippen molar-refractivity contribution in [1.82, 2.24) is 24.4 Å². The SMILES string of the molecule is O=C(Cn1cnc2ccccc21)N1CCC(Oc2cnccn2)CC1. The number of nitrogens with zero attached hydrogens (tertiary/aromatic N) is 5. The Bertz CT molecular complexity index is 856. The number of carbonyl (C=O) groups is 1. The summed E-state index contributed by atoms with van der Waals surface area (Å²) in [6.07, 6.45) is 8.25. The Labute approximate surface area is 145 Å². The number of likely N-dealkylation sites (tertiary alicyclic amines) is 1. The first kappa shape index (κ1) is 15.6. The van der Waals surface area contributed by atoms with E-state index in [1.165, 1.54) is 0 Å². The molecule has 7 nitrogen and oxygen atoms in total. The summed E-state index contributed by atoms with van der Waals surface area (Å²) in [6, 6.07) is 7.84. The second-order valence-electron chi connectivity index (χ2n) is 6.10. The predicted octanol–water partition coefficient (Wildman–Crippen LogP) is 1.90. The molecular formula is C18H19N5O2. The van der Waals surface area contributed by atoms with Crippen LogP contribution in [0.15, 0.2) is 49.2 Å². The number of hydrogen-bond acceptors (Lipinski definition) is 5. The summed E-state index contributed by atoms with van der Waals surface area (Å²) >= 11 is 0. The van der Waals surface area contributed by atoms with Gasteiger partial charge in [-0.25, -0.2) is 9.97 Å². The molecule has 1 saturated heterocycles. The molecule has 0 atom stereocenters. The van der Waals surface area contributed by atoms with Gasteiger partial charge >= 0.3 is 0 Å². The highest BCUT2D eigenvalue weighted by Gasteiger charge is 2.24. The van der Waals surface area contributed by atoms with Gasteiger partial charge < -0.3 is 14.2 Å². The van der Waals surface area contributed by atoms with E-state index in [4.69, 9.17) is 4.74 Å². The van der Waals surface area contributed by atoms with Crippen LogP contribution in [0.1, 0.15) is 12.8 Å². The standard InChI is InChI=1S/C18H19N5O2/c24-18(12-23-13-21-15-3-1-2-4-16(15)23)22-9-5-14(6-10-22)25-17-11-19-7-8-20-17/h1-4,7-8,11,13-14H,5-6,9-10,12H2. The van der Waals surface area contributed by atoms with Crippen LogP contribution in [-0.4, -0.2) is 49.5 Å². The van der Waals surface area contributed by atoms with Gasteiger partial charge in [-0.2, -0.15) is 0 Å². The number of piperidine rings is 1. The van der Waals surface area contributed by atoms with Crippen molar-refractivity contribution in [3.8, 4) is 5.88 Å². The fourth-order valence-corrected chi connectivity index (χ4v) is 3.12. The number of para-hydroxylation sites is 2. The average Bonchev–Trinajstić information content (AvgIpc) is 3.06. The molecule has 3 heterocycles. The molecule has 0 N–H and O–H groups in total. The first-order valence-electron chi connectivity index (χ1n) is 8.40. The van der Waals surface area contributed by atoms with Gasteiger partial charge in [0.1, 0.15) is 12.6 Å². The summed E-state index contributed by atoms with van der Waals surface area (Å²) in [7, 11) is 0. The largest absolute Gasteiger partial charge is 0.473 e. The number of carbonyl (C=O) groups excluding carboxylic acids is 1. The number of ether oxygens (including phenoxy) is 1. The van der Waals surface area contributed by atoms with Gasteiger partial charge in [0.15, 0.2) is 0 Å². The second kappa shape index (κ2) is 6.88. The molecule has 1 fully saturated rings. The lowest BCUT2D eigenvalue weighted by atomic mass is 10.1. The highest BCUT2D eigenvalue weighted by molar-refractivity contribution is 5.80. The van der Waals surface area contributed by atoms with Gasteiger partial charge in [0, 0.05) is 38.3 Å². The van der Waals surface area contributed by atoms with Crippen LogP contribution in [-0.2, 0) is 11.3 Å². The molecule has 0 radical (unpaired) electrons. The van der Waals surface area contributed by atoms with Crippen LogP contribution in [0.25, 0.3) is 11.0 Å². The van der Waals surface area contributed by atoms with E-state index < -0.39 is 0 Å². The van der Waals surface area contributed by atoms with Gasteiger partial charge in [-0.15, -0.1) is 0 Å². The summed E-state index contributed by atoms with van der Waals surface area (Å²) in [5.74, 6) is 0.651. The van der Waals surface area contributed by atoms with Crippen LogP contribution in [0.3, 0.4) is 0 Å². The molecule has 25 heavy (non-hydrogen) atoms. The molecule has 0 saturated carbocycles. The Morgan fingerprint density at radius 2 is 2.00 bits per heavy atom. The minimum Gasteiger partial charge on any atom is -0.473 e. The summed E-state index contributed by atoms with van der Waals surface area (Å²) in [5.41, 5.74) is 1.89. The van der Waals surface area contributed by atoms with Crippen molar-refractivity contribution < 1.29 is 9.53 Å². The maximum atomic E-state index is 12.6. The Kier molecular flexibility index (Phi) is 4.28. The van der Waals surface area contributed by atoms with Gasteiger partial charge in [0.25, 0.3) is 0 Å². The zero-order valence-corrected chi connectivity index (χ0v) is 13.8. The quantitative estimate of drug-likeness (QED) is 0.727. The third-order valence-electron chi connectivity index (χ3n) is 4.45. The maximum absolute atomic E-state index is 12.6. The summed E-state index contributed by atoms with van der Waals surface area (Å²) < 4.78 is 7.72. The minimum absolute atomic E-state index is 0.0785. The van der Waals surface area contributed by atoms with E-state index in [0.29, 0.717) is 25.5 Å². The van der Waals surface area contributed by atoms with Crippen LogP contribution in [0, 0.1) is 0 Å². The molecule has 4 rings (SSSR count). The van der Waals surface area contributed by atoms with Crippen molar-refractivity contribution in [2.45, 2.75) is 25.5 Å². The number of aromatic nitrogens is 4. The molecule has 0 bridgehead atoms. The number of rotatable bonds is 4. The molecule has 0 unspecified atom stereocenters. The van der Waals surface area contributed by atoms with Crippen molar-refractivity contribution in [3.63, 3.8) is 0 Å². The molecule has 7 heteroatoms. The van der Waals surface area contributed by atoms with E-state index in [-0.39, 0.29) is 12.0 Å². The monoisotopic (exact) mass is 337 g/mol. The summed E-state index contributed by atoms with van der Waals surface area (Å²) in [4.78, 5) is 26.9. The van der Waals surface area contributed by atoms with Crippen molar-refractivity contribution in [2.75, 3.05) is 13.1 Å². The average molecular weight is 337 g/mol. The Morgan fingerprint density at radius 3 is 2.80 bits per heavy atom. The fraction of sp³-hybridized carbons (Fsp3) is 0.333. The van der Waals surface area contributed by atoms with E-state index in [9.17, 15) is 4.79 Å². The smallest absolute Gasteiger partial charge is 0.242 e. The van der Waals surface area contributed by atoms with Crippen molar-refractivity contribution in [3.05, 3.63) is 49.2 Å². The maximum Gasteiger partial charge on any atom is 0.242 e. The highest BCUT2D eigenvalue weighted by Crippen LogP contribution is 2.17. The number of fused-ring (bicyclic) bond motifs is 1. The normalized spacial score (nSPS) is 15.4. The van der Waals surface area contributed by atoms with Gasteiger partial charge in [-0.3, -0.25) is 9.78 Å². The van der Waals surface area contributed by atoms with E-state index >= 15 is 0 Å². The fourth-order valence-electron chi connectivity index (χ4n) is 3.12. The van der Waals surface area contributed by atoms with Gasteiger partial charge in [-0.05, 0) is 12.1 Å². The molecule has 2 aromatic heterocycles. The van der Waals surface area contributed by atoms with Crippen molar-refractivity contribution in [2.24, 2.45) is 0 Å². The number of hydrogen-bond donors (Lipinski definition) is 0. The van der Waals surface area contributed by atoms with E-state index in [1.54, 1.807) is 24.9 Å². The zero-order valence-electron chi connectivity index (χ0n) is 13.8. The predicted molar refractivity (Wildman–Crippen MR) is 92.0 cm³/mol. The third kappa shape index (κ3) is 3.45. The lowest BCUT2D eigenvalue weighted by Crippen LogP contribution is -2.43. The Morgan fingerprint density at radius 1 is 1.16 bits per heavy atom. The Balaban J connectivity index is 1.33. The molecule has 1 aliphatic heterocycles. The van der Waals surface area contributed by atoms with Gasteiger partial charge in [0.2, 0.25) is 11.8 Å². The van der Waals surface area contributed by atoms with E-state index in [0.717, 1.165) is 23.9 Å². The van der Waals surface area contributed by atoms with Gasteiger partial charge in [-0.1, -0.05) is 12.1 Å². The molecule has 1 aliphatic rings. The van der Waals surface area contributed by atoms with Crippen LogP contribution < -0.4 is 4.74 Å². The molecule has 0 aliphatic carbocycles. The van der Waals surface area contributed by atoms with Crippen molar-refractivity contribution >= 4 is 16.9 Å². The number of imidazole rings is 1. The lowest BCUT2D eigenvalue weighted by Gasteiger charge is -2.32. The molecular weight excluding hydrogens is 318 g/mol. The second-order valence-corrected chi connectivity index (χ2v) is 6.10. The van der Waals surface area contributed by atoms with Crippen LogP contribution in [0.4, 0.5) is 0 Å². The Hall–Kier alpha value is -2.96. The zero-order chi connectivity index (χ0) is 17.1. The first-order chi connectivity index (χ1) is 12.3. The summed E-state index contributed by atoms with van der Waals surface area (Å²) in [6.45, 7) is 1.70. The molecule has 1 amide bonds. The highest BCUT2D eigenvalue weighted by atomic mass is 16.5. The van der Waals surface area contributed by atoms with Gasteiger partial charge in [0.05, 0.1) is 23.6 Å². The van der Waals surface area contributed by atoms with Crippen molar-refractivity contribution in [1.29, 1.82) is 0 Å². The minimum atomic E-state index is 0.0785. The van der Waals surface area contributed by atoms with Crippen LogP contribution in [0.2, 0.25) is 0 Å². The number of amides is 1. The van der Waals surface area contributed by atoms with E-state index in [1.807, 2.05) is 33.7 Å². The summed E-state index contributed by atoms with van der Waals surface area (Å²) in [5, 5.41) is 0. The lowest BCUT2D eigenvalue weighted by molar-refractivity contribution is -0.133.